The predicted octanol–water partition coefficient (Wildman–Crippen LogP) is 5.59. The Morgan fingerprint density at radius 3 is 1.65 bits per heavy atom. The normalized spacial score (nSPS) is 24.1. The van der Waals surface area contributed by atoms with Crippen LogP contribution in [0.4, 0.5) is 0 Å². The fourth-order valence-corrected chi connectivity index (χ4v) is 6.14. The summed E-state index contributed by atoms with van der Waals surface area (Å²) in [6.07, 6.45) is 12.0. The molecule has 0 aromatic carbocycles. The summed E-state index contributed by atoms with van der Waals surface area (Å²) >= 11 is 0. The summed E-state index contributed by atoms with van der Waals surface area (Å²) in [5.41, 5.74) is -0.117. The van der Waals surface area contributed by atoms with Crippen LogP contribution in [0.1, 0.15) is 120 Å². The summed E-state index contributed by atoms with van der Waals surface area (Å²) in [5.74, 6) is -0.323. The molecule has 2 N–H and O–H groups in total. The molecule has 0 aliphatic carbocycles. The first kappa shape index (κ1) is 28.8. The van der Waals surface area contributed by atoms with E-state index in [1.165, 1.54) is 0 Å². The van der Waals surface area contributed by atoms with Crippen molar-refractivity contribution in [1.82, 2.24) is 10.6 Å². The molecule has 2 aliphatic heterocycles. The molecule has 2 heterocycles. The highest BCUT2D eigenvalue weighted by Gasteiger charge is 2.40. The molecule has 34 heavy (non-hydrogen) atoms. The summed E-state index contributed by atoms with van der Waals surface area (Å²) in [6.45, 7) is 17.3. The fourth-order valence-electron chi connectivity index (χ4n) is 6.14. The van der Waals surface area contributed by atoms with Gasteiger partial charge in [-0.25, -0.2) is 4.79 Å². The van der Waals surface area contributed by atoms with Crippen LogP contribution in [0.15, 0.2) is 12.2 Å². The van der Waals surface area contributed by atoms with E-state index in [1.807, 2.05) is 6.08 Å². The molecule has 2 fully saturated rings. The molecule has 0 atom stereocenters. The molecule has 6 heteroatoms. The van der Waals surface area contributed by atoms with E-state index >= 15 is 0 Å². The van der Waals surface area contributed by atoms with Crippen LogP contribution in [-0.2, 0) is 19.1 Å². The Kier molecular flexibility index (Phi) is 9.80. The molecule has 2 aliphatic rings. The quantitative estimate of drug-likeness (QED) is 0.242. The van der Waals surface area contributed by atoms with E-state index in [0.717, 1.165) is 57.8 Å². The van der Waals surface area contributed by atoms with Gasteiger partial charge in [-0.2, -0.15) is 0 Å². The van der Waals surface area contributed by atoms with Gasteiger partial charge in [0.25, 0.3) is 0 Å². The predicted molar refractivity (Wildman–Crippen MR) is 138 cm³/mol. The number of esters is 2. The summed E-state index contributed by atoms with van der Waals surface area (Å²) in [4.78, 5) is 24.5. The van der Waals surface area contributed by atoms with Gasteiger partial charge in [0.1, 0.15) is 12.2 Å². The lowest BCUT2D eigenvalue weighted by Crippen LogP contribution is -2.59. The Morgan fingerprint density at radius 2 is 1.15 bits per heavy atom. The largest absolute Gasteiger partial charge is 0.462 e. The average Bonchev–Trinajstić information content (AvgIpc) is 2.58. The maximum Gasteiger partial charge on any atom is 0.330 e. The molecule has 196 valence electrons. The van der Waals surface area contributed by atoms with E-state index < -0.39 is 0 Å². The molecule has 0 aromatic heterocycles. The second-order valence-electron chi connectivity index (χ2n) is 13.1. The molecule has 0 bridgehead atoms. The van der Waals surface area contributed by atoms with Gasteiger partial charge in [0, 0.05) is 60.3 Å². The van der Waals surface area contributed by atoms with Gasteiger partial charge < -0.3 is 20.1 Å². The number of allylic oxidation sites excluding steroid dienone is 1. The lowest BCUT2D eigenvalue weighted by molar-refractivity contribution is -0.153. The van der Waals surface area contributed by atoms with Gasteiger partial charge in [0.15, 0.2) is 0 Å². The third-order valence-electron chi connectivity index (χ3n) is 6.64. The molecule has 2 rings (SSSR count). The number of carbonyl (C=O) groups is 2. The van der Waals surface area contributed by atoms with E-state index in [9.17, 15) is 9.59 Å². The van der Waals surface area contributed by atoms with Crippen LogP contribution in [0.25, 0.3) is 0 Å². The standard InChI is InChI=1S/C28H50N2O4/c1-25(2)17-21(18-26(3,4)29-25)33-23(31)15-13-11-9-10-12-14-16-24(32)34-22-19-27(5,6)30-28(7,8)20-22/h13,15,21-22,29-30H,9-12,14,16-20H2,1-8H3/b15-13-. The molecular formula is C28H50N2O4. The summed E-state index contributed by atoms with van der Waals surface area (Å²) in [5, 5.41) is 7.22. The van der Waals surface area contributed by atoms with Crippen molar-refractivity contribution in [1.29, 1.82) is 0 Å². The van der Waals surface area contributed by atoms with Crippen LogP contribution < -0.4 is 10.6 Å². The van der Waals surface area contributed by atoms with Crippen LogP contribution >= 0.6 is 0 Å². The van der Waals surface area contributed by atoms with Gasteiger partial charge in [0.05, 0.1) is 0 Å². The third kappa shape index (κ3) is 10.9. The molecular weight excluding hydrogens is 428 g/mol. The Bertz CT molecular complexity index is 692. The van der Waals surface area contributed by atoms with Crippen molar-refractivity contribution in [3.05, 3.63) is 12.2 Å². The van der Waals surface area contributed by atoms with Crippen molar-refractivity contribution in [3.63, 3.8) is 0 Å². The Balaban J connectivity index is 1.56. The van der Waals surface area contributed by atoms with Crippen LogP contribution in [0.5, 0.6) is 0 Å². The highest BCUT2D eigenvalue weighted by molar-refractivity contribution is 5.82. The van der Waals surface area contributed by atoms with E-state index in [0.29, 0.717) is 6.42 Å². The van der Waals surface area contributed by atoms with Crippen molar-refractivity contribution >= 4 is 11.9 Å². The molecule has 0 spiro atoms. The molecule has 0 unspecified atom stereocenters. The highest BCUT2D eigenvalue weighted by atomic mass is 16.5. The zero-order chi connectivity index (χ0) is 25.6. The van der Waals surface area contributed by atoms with Crippen LogP contribution in [0.2, 0.25) is 0 Å². The van der Waals surface area contributed by atoms with Crippen molar-refractivity contribution < 1.29 is 19.1 Å². The third-order valence-corrected chi connectivity index (χ3v) is 6.64. The molecule has 6 nitrogen and oxygen atoms in total. The van der Waals surface area contributed by atoms with Gasteiger partial charge in [-0.3, -0.25) is 4.79 Å². The first-order valence-electron chi connectivity index (χ1n) is 13.2. The molecule has 0 amide bonds. The van der Waals surface area contributed by atoms with E-state index in [1.54, 1.807) is 6.08 Å². The number of rotatable bonds is 10. The van der Waals surface area contributed by atoms with E-state index in [4.69, 9.17) is 9.47 Å². The number of nitrogens with one attached hydrogen (secondary N) is 2. The number of ether oxygens (including phenoxy) is 2. The zero-order valence-corrected chi connectivity index (χ0v) is 23.0. The van der Waals surface area contributed by atoms with E-state index in [2.05, 4.69) is 66.0 Å². The highest BCUT2D eigenvalue weighted by Crippen LogP contribution is 2.31. The Hall–Kier alpha value is -1.40. The molecule has 0 saturated carbocycles. The molecule has 0 aromatic rings. The van der Waals surface area contributed by atoms with Gasteiger partial charge in [0.2, 0.25) is 0 Å². The topological polar surface area (TPSA) is 76.7 Å². The number of carbonyl (C=O) groups excluding carboxylic acids is 2. The number of unbranched alkanes of at least 4 members (excludes halogenated alkanes) is 4. The first-order valence-corrected chi connectivity index (χ1v) is 13.2. The van der Waals surface area contributed by atoms with Crippen molar-refractivity contribution in [2.75, 3.05) is 0 Å². The van der Waals surface area contributed by atoms with Gasteiger partial charge >= 0.3 is 11.9 Å². The number of hydrogen-bond donors (Lipinski definition) is 2. The van der Waals surface area contributed by atoms with E-state index in [-0.39, 0.29) is 46.3 Å². The molecule has 2 saturated heterocycles. The monoisotopic (exact) mass is 478 g/mol. The van der Waals surface area contributed by atoms with Crippen molar-refractivity contribution in [2.24, 2.45) is 0 Å². The first-order chi connectivity index (χ1) is 15.6. The fraction of sp³-hybridized carbons (Fsp3) is 0.857. The second-order valence-corrected chi connectivity index (χ2v) is 13.1. The van der Waals surface area contributed by atoms with Gasteiger partial charge in [-0.05, 0) is 74.7 Å². The number of piperidine rings is 2. The summed E-state index contributed by atoms with van der Waals surface area (Å²) in [7, 11) is 0. The lowest BCUT2D eigenvalue weighted by atomic mass is 9.81. The minimum absolute atomic E-state index is 0.00865. The lowest BCUT2D eigenvalue weighted by Gasteiger charge is -2.45. The number of hydrogen-bond acceptors (Lipinski definition) is 6. The van der Waals surface area contributed by atoms with Crippen LogP contribution in [-0.4, -0.2) is 46.3 Å². The summed E-state index contributed by atoms with van der Waals surface area (Å²) < 4.78 is 11.5. The van der Waals surface area contributed by atoms with Gasteiger partial charge in [-0.1, -0.05) is 18.9 Å². The maximum atomic E-state index is 12.3. The minimum Gasteiger partial charge on any atom is -0.462 e. The van der Waals surface area contributed by atoms with Crippen LogP contribution in [0.3, 0.4) is 0 Å². The Morgan fingerprint density at radius 1 is 0.706 bits per heavy atom. The van der Waals surface area contributed by atoms with Gasteiger partial charge in [-0.15, -0.1) is 0 Å². The smallest absolute Gasteiger partial charge is 0.330 e. The summed E-state index contributed by atoms with van der Waals surface area (Å²) in [6, 6.07) is 0. The minimum atomic E-state index is -0.245. The maximum absolute atomic E-state index is 12.3. The average molecular weight is 479 g/mol. The Labute approximate surface area is 208 Å². The zero-order valence-electron chi connectivity index (χ0n) is 23.0. The molecule has 0 radical (unpaired) electrons. The van der Waals surface area contributed by atoms with Crippen molar-refractivity contribution in [2.45, 2.75) is 154 Å². The second kappa shape index (κ2) is 11.6. The SMILES string of the molecule is CC1(C)CC(OC(=O)/C=C\CCCCCCC(=O)OC2CC(C)(C)NC(C)(C)C2)CC(C)(C)N1. The van der Waals surface area contributed by atoms with Crippen LogP contribution in [0, 0.1) is 0 Å². The van der Waals surface area contributed by atoms with Crippen molar-refractivity contribution in [3.8, 4) is 0 Å².